The summed E-state index contributed by atoms with van der Waals surface area (Å²) in [5.41, 5.74) is 2.59. The molecule has 148 valence electrons. The van der Waals surface area contributed by atoms with Crippen LogP contribution in [-0.4, -0.2) is 4.98 Å². The van der Waals surface area contributed by atoms with Crippen LogP contribution in [0.3, 0.4) is 0 Å². The zero-order chi connectivity index (χ0) is 19.2. The molecule has 0 aliphatic rings. The number of aromatic nitrogens is 1. The SMILES string of the molecule is Fc1ccccc1COc1ccc2ccccc2c1CNCc1ccccn1.[Cl-]. The van der Waals surface area contributed by atoms with Gasteiger partial charge in [0.15, 0.2) is 0 Å². The molecule has 1 heterocycles. The van der Waals surface area contributed by atoms with Crippen molar-refractivity contribution in [3.05, 3.63) is 108 Å². The Morgan fingerprint density at radius 2 is 1.62 bits per heavy atom. The van der Waals surface area contributed by atoms with Crippen LogP contribution in [0.1, 0.15) is 16.8 Å². The molecule has 0 saturated carbocycles. The van der Waals surface area contributed by atoms with Gasteiger partial charge < -0.3 is 22.5 Å². The van der Waals surface area contributed by atoms with Gasteiger partial charge in [-0.05, 0) is 35.0 Å². The molecule has 0 atom stereocenters. The molecule has 0 unspecified atom stereocenters. The number of hydrogen-bond donors (Lipinski definition) is 1. The molecule has 3 nitrogen and oxygen atoms in total. The molecular weight excluding hydrogens is 387 g/mol. The van der Waals surface area contributed by atoms with Gasteiger partial charge in [0.1, 0.15) is 18.2 Å². The Kier molecular flexibility index (Phi) is 7.17. The van der Waals surface area contributed by atoms with E-state index in [-0.39, 0.29) is 24.8 Å². The number of nitrogens with zero attached hydrogens (tertiary/aromatic N) is 1. The summed E-state index contributed by atoms with van der Waals surface area (Å²) in [4.78, 5) is 4.34. The number of benzene rings is 3. The van der Waals surface area contributed by atoms with E-state index < -0.39 is 0 Å². The molecule has 0 aliphatic carbocycles. The van der Waals surface area contributed by atoms with Crippen LogP contribution in [0.5, 0.6) is 5.75 Å². The first kappa shape index (κ1) is 20.8. The molecule has 0 bridgehead atoms. The standard InChI is InChI=1S/C24H21FN2O.ClH/c25-23-11-4-2-8-19(23)17-28-24-13-12-18-7-1-3-10-21(18)22(24)16-26-15-20-9-5-6-14-27-20;/h1-14,26H,15-17H2;1H/p-1. The van der Waals surface area contributed by atoms with Crippen LogP contribution in [0.2, 0.25) is 0 Å². The molecule has 1 N–H and O–H groups in total. The Bertz CT molecular complexity index is 1070. The van der Waals surface area contributed by atoms with Crippen LogP contribution in [0.25, 0.3) is 10.8 Å². The highest BCUT2D eigenvalue weighted by atomic mass is 35.5. The summed E-state index contributed by atoms with van der Waals surface area (Å²) in [6.07, 6.45) is 1.79. The molecule has 0 radical (unpaired) electrons. The normalized spacial score (nSPS) is 10.5. The van der Waals surface area contributed by atoms with Gasteiger partial charge >= 0.3 is 0 Å². The fourth-order valence-corrected chi connectivity index (χ4v) is 3.22. The van der Waals surface area contributed by atoms with E-state index in [4.69, 9.17) is 4.74 Å². The zero-order valence-corrected chi connectivity index (χ0v) is 16.6. The number of rotatable bonds is 7. The van der Waals surface area contributed by atoms with E-state index in [2.05, 4.69) is 22.4 Å². The largest absolute Gasteiger partial charge is 1.00 e. The van der Waals surface area contributed by atoms with Gasteiger partial charge in [-0.3, -0.25) is 4.98 Å². The predicted molar refractivity (Wildman–Crippen MR) is 109 cm³/mol. The molecule has 5 heteroatoms. The lowest BCUT2D eigenvalue weighted by molar-refractivity contribution is -0.00000659. The Morgan fingerprint density at radius 1 is 0.828 bits per heavy atom. The Labute approximate surface area is 176 Å². The van der Waals surface area contributed by atoms with E-state index in [1.165, 1.54) is 6.07 Å². The minimum absolute atomic E-state index is 0. The average molecular weight is 408 g/mol. The maximum atomic E-state index is 13.9. The van der Waals surface area contributed by atoms with Crippen molar-refractivity contribution < 1.29 is 21.5 Å². The van der Waals surface area contributed by atoms with Gasteiger partial charge in [0.25, 0.3) is 0 Å². The van der Waals surface area contributed by atoms with Crippen LogP contribution in [-0.2, 0) is 19.7 Å². The van der Waals surface area contributed by atoms with Crippen molar-refractivity contribution >= 4 is 10.8 Å². The maximum Gasteiger partial charge on any atom is 0.129 e. The lowest BCUT2D eigenvalue weighted by Crippen LogP contribution is -3.00. The molecule has 4 aromatic rings. The van der Waals surface area contributed by atoms with Crippen LogP contribution in [0.4, 0.5) is 4.39 Å². The number of nitrogens with one attached hydrogen (secondary N) is 1. The maximum absolute atomic E-state index is 13.9. The van der Waals surface area contributed by atoms with Gasteiger partial charge in [-0.25, -0.2) is 4.39 Å². The first-order chi connectivity index (χ1) is 13.8. The highest BCUT2D eigenvalue weighted by Gasteiger charge is 2.10. The van der Waals surface area contributed by atoms with Crippen molar-refractivity contribution in [1.82, 2.24) is 10.3 Å². The van der Waals surface area contributed by atoms with Gasteiger partial charge in [0.2, 0.25) is 0 Å². The summed E-state index contributed by atoms with van der Waals surface area (Å²) in [7, 11) is 0. The quantitative estimate of drug-likeness (QED) is 0.510. The fraction of sp³-hybridized carbons (Fsp3) is 0.125. The average Bonchev–Trinajstić information content (AvgIpc) is 2.74. The molecule has 1 aromatic heterocycles. The molecule has 0 saturated heterocycles. The molecule has 29 heavy (non-hydrogen) atoms. The molecule has 4 rings (SSSR count). The number of ether oxygens (including phenoxy) is 1. The van der Waals surface area contributed by atoms with Crippen molar-refractivity contribution in [3.63, 3.8) is 0 Å². The molecule has 0 spiro atoms. The smallest absolute Gasteiger partial charge is 0.129 e. The Hall–Kier alpha value is -2.95. The predicted octanol–water partition coefficient (Wildman–Crippen LogP) is 2.25. The third-order valence-corrected chi connectivity index (χ3v) is 4.67. The summed E-state index contributed by atoms with van der Waals surface area (Å²) in [6, 6.07) is 24.8. The highest BCUT2D eigenvalue weighted by Crippen LogP contribution is 2.29. The number of pyridine rings is 1. The lowest BCUT2D eigenvalue weighted by Gasteiger charge is -2.15. The summed E-state index contributed by atoms with van der Waals surface area (Å²) in [5.74, 6) is 0.508. The number of hydrogen-bond acceptors (Lipinski definition) is 3. The second kappa shape index (κ2) is 10.0. The van der Waals surface area contributed by atoms with E-state index in [0.717, 1.165) is 27.8 Å². The fourth-order valence-electron chi connectivity index (χ4n) is 3.22. The van der Waals surface area contributed by atoms with Crippen LogP contribution < -0.4 is 22.5 Å². The van der Waals surface area contributed by atoms with Crippen LogP contribution in [0.15, 0.2) is 85.1 Å². The highest BCUT2D eigenvalue weighted by molar-refractivity contribution is 5.87. The van der Waals surface area contributed by atoms with Gasteiger partial charge in [-0.15, -0.1) is 0 Å². The second-order valence-corrected chi connectivity index (χ2v) is 6.57. The first-order valence-corrected chi connectivity index (χ1v) is 9.29. The minimum atomic E-state index is -0.252. The van der Waals surface area contributed by atoms with Crippen molar-refractivity contribution in [1.29, 1.82) is 0 Å². The molecule has 0 amide bonds. The number of halogens is 2. The Balaban J connectivity index is 0.00000240. The van der Waals surface area contributed by atoms with Crippen molar-refractivity contribution in [2.75, 3.05) is 0 Å². The lowest BCUT2D eigenvalue weighted by atomic mass is 10.0. The number of fused-ring (bicyclic) bond motifs is 1. The van der Waals surface area contributed by atoms with Crippen molar-refractivity contribution in [2.45, 2.75) is 19.7 Å². The molecule has 0 fully saturated rings. The van der Waals surface area contributed by atoms with E-state index in [1.54, 1.807) is 18.3 Å². The third-order valence-electron chi connectivity index (χ3n) is 4.67. The van der Waals surface area contributed by atoms with Crippen LogP contribution >= 0.6 is 0 Å². The summed E-state index contributed by atoms with van der Waals surface area (Å²) >= 11 is 0. The van der Waals surface area contributed by atoms with E-state index in [0.29, 0.717) is 18.7 Å². The Morgan fingerprint density at radius 3 is 2.45 bits per heavy atom. The van der Waals surface area contributed by atoms with E-state index in [1.807, 2.05) is 48.5 Å². The van der Waals surface area contributed by atoms with Gasteiger partial charge in [-0.1, -0.05) is 54.6 Å². The summed E-state index contributed by atoms with van der Waals surface area (Å²) in [5, 5.41) is 5.72. The van der Waals surface area contributed by atoms with Gasteiger partial charge in [0, 0.05) is 30.4 Å². The van der Waals surface area contributed by atoms with Gasteiger partial charge in [-0.2, -0.15) is 0 Å². The zero-order valence-electron chi connectivity index (χ0n) is 15.8. The van der Waals surface area contributed by atoms with Gasteiger partial charge in [0.05, 0.1) is 5.69 Å². The van der Waals surface area contributed by atoms with E-state index >= 15 is 0 Å². The topological polar surface area (TPSA) is 34.1 Å². The third kappa shape index (κ3) is 5.11. The van der Waals surface area contributed by atoms with E-state index in [9.17, 15) is 4.39 Å². The second-order valence-electron chi connectivity index (χ2n) is 6.57. The summed E-state index contributed by atoms with van der Waals surface area (Å²) < 4.78 is 20.0. The van der Waals surface area contributed by atoms with Crippen molar-refractivity contribution in [3.8, 4) is 5.75 Å². The van der Waals surface area contributed by atoms with Crippen molar-refractivity contribution in [2.24, 2.45) is 0 Å². The monoisotopic (exact) mass is 407 g/mol. The molecule has 3 aromatic carbocycles. The minimum Gasteiger partial charge on any atom is -1.00 e. The summed E-state index contributed by atoms with van der Waals surface area (Å²) in [6.45, 7) is 1.49. The first-order valence-electron chi connectivity index (χ1n) is 9.29. The van der Waals surface area contributed by atoms with Crippen LogP contribution in [0, 0.1) is 5.82 Å². The molecule has 0 aliphatic heterocycles. The molecular formula is C24H21ClFN2O-.